The summed E-state index contributed by atoms with van der Waals surface area (Å²) in [4.78, 5) is 7.62. The molecule has 1 aromatic heterocycles. The van der Waals surface area contributed by atoms with Gasteiger partial charge in [-0.2, -0.15) is 0 Å². The van der Waals surface area contributed by atoms with Gasteiger partial charge in [0.1, 0.15) is 21.5 Å². The van der Waals surface area contributed by atoms with Crippen molar-refractivity contribution in [1.82, 2.24) is 4.98 Å². The Bertz CT molecular complexity index is 1980. The molecule has 0 unspecified atom stereocenters. The van der Waals surface area contributed by atoms with Gasteiger partial charge in [0.15, 0.2) is 0 Å². The molecule has 0 bridgehead atoms. The summed E-state index contributed by atoms with van der Waals surface area (Å²) in [5.74, 6) is 0.864. The highest BCUT2D eigenvalue weighted by Gasteiger charge is 2.52. The normalized spacial score (nSPS) is 11.6. The zero-order chi connectivity index (χ0) is 33.0. The fourth-order valence-corrected chi connectivity index (χ4v) is 12.0. The summed E-state index contributed by atoms with van der Waals surface area (Å²) >= 11 is 1.70. The lowest BCUT2D eigenvalue weighted by molar-refractivity contribution is 0.508. The third kappa shape index (κ3) is 6.10. The van der Waals surface area contributed by atoms with Crippen molar-refractivity contribution in [3.05, 3.63) is 176 Å². The molecule has 7 aromatic rings. The monoisotopic (exact) mass is 658 g/mol. The first-order chi connectivity index (χ1) is 23.4. The molecule has 5 heteroatoms. The van der Waals surface area contributed by atoms with Crippen LogP contribution in [0.15, 0.2) is 176 Å². The Hall–Kier alpha value is -5.23. The molecule has 6 aromatic carbocycles. The maximum Gasteiger partial charge on any atom is 0.319 e. The number of aromatic nitrogens is 1. The van der Waals surface area contributed by atoms with Crippen LogP contribution in [0.2, 0.25) is 5.04 Å². The van der Waals surface area contributed by atoms with E-state index in [-0.39, 0.29) is 5.04 Å². The van der Waals surface area contributed by atoms with E-state index in [1.54, 1.807) is 11.3 Å². The molecule has 48 heavy (non-hydrogen) atoms. The van der Waals surface area contributed by atoms with Gasteiger partial charge in [0.2, 0.25) is 0 Å². The molecule has 0 saturated carbocycles. The van der Waals surface area contributed by atoms with E-state index in [9.17, 15) is 0 Å². The van der Waals surface area contributed by atoms with Crippen molar-refractivity contribution in [1.29, 1.82) is 0 Å². The van der Waals surface area contributed by atoms with Crippen LogP contribution in [0.4, 0.5) is 16.4 Å². The number of thiazole rings is 1. The van der Waals surface area contributed by atoms with E-state index in [0.717, 1.165) is 44.0 Å². The Morgan fingerprint density at radius 1 is 0.521 bits per heavy atom. The molecule has 3 nitrogen and oxygen atoms in total. The van der Waals surface area contributed by atoms with E-state index < -0.39 is 8.32 Å². The standard InChI is InChI=1S/C43H38N2OSSi/c1-43(2,3)48(38-25-15-7-16-26-38,39-27-17-8-18-28-39)46-37-31-29-34(30-32-37)41-44-40(33-19-9-4-10-20-33)42(47-41)45(35-21-11-5-12-22-35)36-23-13-6-14-24-36/h4-32H,1-3H3. The summed E-state index contributed by atoms with van der Waals surface area (Å²) < 4.78 is 7.30. The summed E-state index contributed by atoms with van der Waals surface area (Å²) in [6.45, 7) is 6.92. The SMILES string of the molecule is CC(C)(C)[Si](Oc1ccc(-c2nc(-c3ccccc3)c(N(c3ccccc3)c3ccccc3)s2)cc1)(c1ccccc1)c1ccccc1. The zero-order valence-corrected chi connectivity index (χ0v) is 29.3. The second-order valence-electron chi connectivity index (χ2n) is 12.8. The molecule has 7 rings (SSSR count). The van der Waals surface area contributed by atoms with Crippen LogP contribution >= 0.6 is 11.3 Å². The maximum absolute atomic E-state index is 7.30. The van der Waals surface area contributed by atoms with E-state index in [2.05, 4.69) is 196 Å². The molecule has 0 fully saturated rings. The number of anilines is 3. The number of rotatable bonds is 9. The van der Waals surface area contributed by atoms with E-state index in [0.29, 0.717) is 0 Å². The third-order valence-corrected chi connectivity index (χ3v) is 14.7. The van der Waals surface area contributed by atoms with Crippen molar-refractivity contribution in [3.63, 3.8) is 0 Å². The van der Waals surface area contributed by atoms with Gasteiger partial charge in [0.05, 0.1) is 0 Å². The fraction of sp³-hybridized carbons (Fsp3) is 0.0930. The topological polar surface area (TPSA) is 25.4 Å². The minimum atomic E-state index is -2.75. The average molecular weight is 659 g/mol. The number of benzene rings is 6. The van der Waals surface area contributed by atoms with Crippen molar-refractivity contribution in [2.45, 2.75) is 25.8 Å². The van der Waals surface area contributed by atoms with Crippen molar-refractivity contribution in [3.8, 4) is 27.6 Å². The van der Waals surface area contributed by atoms with E-state index in [4.69, 9.17) is 9.41 Å². The minimum absolute atomic E-state index is 0.124. The van der Waals surface area contributed by atoms with Crippen molar-refractivity contribution < 1.29 is 4.43 Å². The van der Waals surface area contributed by atoms with Crippen LogP contribution in [0.5, 0.6) is 5.75 Å². The molecule has 0 amide bonds. The van der Waals surface area contributed by atoms with Gasteiger partial charge in [-0.05, 0) is 63.9 Å². The molecule has 0 atom stereocenters. The Balaban J connectivity index is 1.32. The molecule has 0 radical (unpaired) electrons. The first kappa shape index (κ1) is 31.4. The number of para-hydroxylation sites is 2. The van der Waals surface area contributed by atoms with Gasteiger partial charge in [0, 0.05) is 22.5 Å². The van der Waals surface area contributed by atoms with Crippen LogP contribution in [0.1, 0.15) is 20.8 Å². The smallest absolute Gasteiger partial charge is 0.319 e. The van der Waals surface area contributed by atoms with Crippen LogP contribution in [-0.2, 0) is 0 Å². The predicted molar refractivity (Wildman–Crippen MR) is 206 cm³/mol. The molecular formula is C43H38N2OSSi. The van der Waals surface area contributed by atoms with E-state index in [1.807, 2.05) is 6.07 Å². The minimum Gasteiger partial charge on any atom is -0.534 e. The molecular weight excluding hydrogens is 621 g/mol. The average Bonchev–Trinajstić information content (AvgIpc) is 3.57. The molecule has 0 spiro atoms. The first-order valence-electron chi connectivity index (χ1n) is 16.3. The highest BCUT2D eigenvalue weighted by molar-refractivity contribution is 7.19. The fourth-order valence-electron chi connectivity index (χ4n) is 6.40. The number of nitrogens with zero attached hydrogens (tertiary/aromatic N) is 2. The Kier molecular flexibility index (Phi) is 8.81. The molecule has 0 aliphatic rings. The van der Waals surface area contributed by atoms with Gasteiger partial charge in [-0.25, -0.2) is 4.98 Å². The van der Waals surface area contributed by atoms with Crippen LogP contribution < -0.4 is 19.7 Å². The van der Waals surface area contributed by atoms with Crippen molar-refractivity contribution in [2.24, 2.45) is 0 Å². The largest absolute Gasteiger partial charge is 0.534 e. The van der Waals surface area contributed by atoms with Crippen LogP contribution in [-0.4, -0.2) is 13.3 Å². The van der Waals surface area contributed by atoms with E-state index >= 15 is 0 Å². The highest BCUT2D eigenvalue weighted by Crippen LogP contribution is 2.47. The van der Waals surface area contributed by atoms with Gasteiger partial charge in [-0.1, -0.05) is 160 Å². The molecule has 0 aliphatic carbocycles. The predicted octanol–water partition coefficient (Wildman–Crippen LogP) is 10.9. The molecule has 0 N–H and O–H groups in total. The van der Waals surface area contributed by atoms with Crippen LogP contribution in [0.3, 0.4) is 0 Å². The Morgan fingerprint density at radius 2 is 0.958 bits per heavy atom. The Labute approximate surface area is 288 Å². The second kappa shape index (κ2) is 13.5. The first-order valence-corrected chi connectivity index (χ1v) is 19.0. The quantitative estimate of drug-likeness (QED) is 0.144. The lowest BCUT2D eigenvalue weighted by Crippen LogP contribution is -2.68. The van der Waals surface area contributed by atoms with Gasteiger partial charge in [-0.15, -0.1) is 0 Å². The number of hydrogen-bond donors (Lipinski definition) is 0. The van der Waals surface area contributed by atoms with Crippen LogP contribution in [0, 0.1) is 0 Å². The second-order valence-corrected chi connectivity index (χ2v) is 18.0. The van der Waals surface area contributed by atoms with Gasteiger partial charge >= 0.3 is 8.32 Å². The van der Waals surface area contributed by atoms with Crippen molar-refractivity contribution >= 4 is 46.4 Å². The maximum atomic E-state index is 7.30. The molecule has 0 saturated heterocycles. The molecule has 236 valence electrons. The Morgan fingerprint density at radius 3 is 1.42 bits per heavy atom. The summed E-state index contributed by atoms with van der Waals surface area (Å²) in [5.41, 5.74) is 5.27. The van der Waals surface area contributed by atoms with Gasteiger partial charge in [-0.3, -0.25) is 0 Å². The highest BCUT2D eigenvalue weighted by atomic mass is 32.1. The van der Waals surface area contributed by atoms with E-state index in [1.165, 1.54) is 10.4 Å². The molecule has 1 heterocycles. The van der Waals surface area contributed by atoms with Gasteiger partial charge in [0.25, 0.3) is 0 Å². The van der Waals surface area contributed by atoms with Crippen molar-refractivity contribution in [2.75, 3.05) is 4.90 Å². The lowest BCUT2D eigenvalue weighted by atomic mass is 10.1. The summed E-state index contributed by atoms with van der Waals surface area (Å²) in [7, 11) is -2.75. The summed E-state index contributed by atoms with van der Waals surface area (Å²) in [6.07, 6.45) is 0. The summed E-state index contributed by atoms with van der Waals surface area (Å²) in [5, 5.41) is 4.42. The van der Waals surface area contributed by atoms with Gasteiger partial charge < -0.3 is 9.33 Å². The molecule has 0 aliphatic heterocycles. The lowest BCUT2D eigenvalue weighted by Gasteiger charge is -2.43. The zero-order valence-electron chi connectivity index (χ0n) is 27.5. The van der Waals surface area contributed by atoms with Crippen LogP contribution in [0.25, 0.3) is 21.8 Å². The summed E-state index contributed by atoms with van der Waals surface area (Å²) in [6, 6.07) is 61.6. The number of hydrogen-bond acceptors (Lipinski definition) is 4. The third-order valence-electron chi connectivity index (χ3n) is 8.68.